The highest BCUT2D eigenvalue weighted by Crippen LogP contribution is 2.19. The monoisotopic (exact) mass is 318 g/mol. The molecule has 0 bridgehead atoms. The van der Waals surface area contributed by atoms with Gasteiger partial charge in [-0.3, -0.25) is 0 Å². The van der Waals surface area contributed by atoms with Crippen molar-refractivity contribution in [1.82, 2.24) is 13.9 Å². The van der Waals surface area contributed by atoms with Crippen molar-refractivity contribution in [2.45, 2.75) is 32.6 Å². The Hall–Kier alpha value is -0.210. The Kier molecular flexibility index (Phi) is 6.43. The molecular formula is C14H30N4O2S. The molecule has 2 heterocycles. The molecule has 3 N–H and O–H groups in total. The smallest absolute Gasteiger partial charge is 0.279 e. The van der Waals surface area contributed by atoms with Crippen LogP contribution in [0.5, 0.6) is 0 Å². The first-order valence-electron chi connectivity index (χ1n) is 8.22. The van der Waals surface area contributed by atoms with E-state index in [0.29, 0.717) is 38.0 Å². The summed E-state index contributed by atoms with van der Waals surface area (Å²) in [4.78, 5) is 2.42. The average molecular weight is 318 g/mol. The molecule has 0 aromatic carbocycles. The zero-order valence-electron chi connectivity index (χ0n) is 13.1. The lowest BCUT2D eigenvalue weighted by molar-refractivity contribution is 0.192. The van der Waals surface area contributed by atoms with Gasteiger partial charge in [-0.05, 0) is 63.7 Å². The van der Waals surface area contributed by atoms with E-state index in [0.717, 1.165) is 45.3 Å². The maximum Gasteiger partial charge on any atom is 0.279 e. The van der Waals surface area contributed by atoms with Gasteiger partial charge < -0.3 is 10.6 Å². The van der Waals surface area contributed by atoms with Gasteiger partial charge in [0, 0.05) is 19.6 Å². The number of nitrogens with zero attached hydrogens (tertiary/aromatic N) is 2. The summed E-state index contributed by atoms with van der Waals surface area (Å²) < 4.78 is 29.1. The molecule has 0 aliphatic carbocycles. The van der Waals surface area contributed by atoms with Crippen LogP contribution in [0.1, 0.15) is 32.6 Å². The van der Waals surface area contributed by atoms with Gasteiger partial charge in [0.2, 0.25) is 0 Å². The fourth-order valence-corrected chi connectivity index (χ4v) is 4.66. The Bertz CT molecular complexity index is 407. The Morgan fingerprint density at radius 1 is 1.14 bits per heavy atom. The summed E-state index contributed by atoms with van der Waals surface area (Å²) in [6.45, 7) is 7.77. The van der Waals surface area contributed by atoms with Crippen molar-refractivity contribution in [3.8, 4) is 0 Å². The molecule has 0 spiro atoms. The van der Waals surface area contributed by atoms with E-state index in [-0.39, 0.29) is 0 Å². The van der Waals surface area contributed by atoms with Crippen LogP contribution in [0.4, 0.5) is 0 Å². The number of likely N-dealkylation sites (tertiary alicyclic amines) is 1. The van der Waals surface area contributed by atoms with Gasteiger partial charge in [-0.25, -0.2) is 4.72 Å². The minimum absolute atomic E-state index is 0.308. The van der Waals surface area contributed by atoms with Gasteiger partial charge in [0.1, 0.15) is 0 Å². The maximum atomic E-state index is 12.4. The van der Waals surface area contributed by atoms with E-state index in [1.54, 1.807) is 4.31 Å². The van der Waals surface area contributed by atoms with Gasteiger partial charge in [0.05, 0.1) is 0 Å². The van der Waals surface area contributed by atoms with Crippen molar-refractivity contribution < 1.29 is 8.42 Å². The van der Waals surface area contributed by atoms with Crippen LogP contribution in [0.2, 0.25) is 0 Å². The number of nitrogens with one attached hydrogen (secondary N) is 1. The van der Waals surface area contributed by atoms with Crippen LogP contribution >= 0.6 is 0 Å². The molecule has 7 heteroatoms. The van der Waals surface area contributed by atoms with E-state index in [4.69, 9.17) is 5.73 Å². The van der Waals surface area contributed by atoms with E-state index < -0.39 is 10.2 Å². The van der Waals surface area contributed by atoms with Crippen LogP contribution in [0, 0.1) is 11.8 Å². The SMILES string of the molecule is CCN1CCC(CNS(=O)(=O)N2CCCC(CN)C2)CC1. The van der Waals surface area contributed by atoms with E-state index in [1.807, 2.05) is 0 Å². The normalized spacial score (nSPS) is 27.0. The Morgan fingerprint density at radius 3 is 2.48 bits per heavy atom. The van der Waals surface area contributed by atoms with Crippen molar-refractivity contribution in [3.63, 3.8) is 0 Å². The summed E-state index contributed by atoms with van der Waals surface area (Å²) in [7, 11) is -3.33. The first-order valence-corrected chi connectivity index (χ1v) is 9.66. The molecule has 2 aliphatic heterocycles. The highest BCUT2D eigenvalue weighted by Gasteiger charge is 2.29. The van der Waals surface area contributed by atoms with Crippen molar-refractivity contribution in [2.24, 2.45) is 17.6 Å². The molecule has 1 atom stereocenters. The summed E-state index contributed by atoms with van der Waals surface area (Å²) in [6, 6.07) is 0. The average Bonchev–Trinajstić information content (AvgIpc) is 2.53. The molecule has 0 amide bonds. The molecule has 124 valence electrons. The molecule has 2 rings (SSSR count). The fourth-order valence-electron chi connectivity index (χ4n) is 3.26. The molecule has 2 aliphatic rings. The van der Waals surface area contributed by atoms with Gasteiger partial charge in [0.25, 0.3) is 10.2 Å². The quantitative estimate of drug-likeness (QED) is 0.734. The summed E-state index contributed by atoms with van der Waals surface area (Å²) in [6.07, 6.45) is 4.12. The van der Waals surface area contributed by atoms with E-state index in [2.05, 4.69) is 16.5 Å². The molecular weight excluding hydrogens is 288 g/mol. The van der Waals surface area contributed by atoms with Crippen LogP contribution in [-0.2, 0) is 10.2 Å². The van der Waals surface area contributed by atoms with E-state index in [1.165, 1.54) is 0 Å². The second-order valence-corrected chi connectivity index (χ2v) is 8.09. The predicted octanol–water partition coefficient (Wildman–Crippen LogP) is 0.223. The van der Waals surface area contributed by atoms with E-state index in [9.17, 15) is 8.42 Å². The first-order chi connectivity index (χ1) is 10.0. The fraction of sp³-hybridized carbons (Fsp3) is 1.00. The molecule has 21 heavy (non-hydrogen) atoms. The lowest BCUT2D eigenvalue weighted by Gasteiger charge is -2.33. The molecule has 0 radical (unpaired) electrons. The summed E-state index contributed by atoms with van der Waals surface area (Å²) in [5, 5.41) is 0. The van der Waals surface area contributed by atoms with Gasteiger partial charge in [-0.15, -0.1) is 0 Å². The molecule has 2 fully saturated rings. The van der Waals surface area contributed by atoms with Crippen LogP contribution in [0.25, 0.3) is 0 Å². The van der Waals surface area contributed by atoms with Crippen LogP contribution < -0.4 is 10.5 Å². The molecule has 6 nitrogen and oxygen atoms in total. The Morgan fingerprint density at radius 2 is 1.86 bits per heavy atom. The summed E-state index contributed by atoms with van der Waals surface area (Å²) >= 11 is 0. The number of rotatable bonds is 6. The minimum atomic E-state index is -3.33. The summed E-state index contributed by atoms with van der Waals surface area (Å²) in [5.74, 6) is 0.779. The third-order valence-corrected chi connectivity index (χ3v) is 6.41. The largest absolute Gasteiger partial charge is 0.330 e. The molecule has 2 saturated heterocycles. The highest BCUT2D eigenvalue weighted by molar-refractivity contribution is 7.87. The molecule has 0 aromatic heterocycles. The number of piperidine rings is 2. The first kappa shape index (κ1) is 17.1. The maximum absolute atomic E-state index is 12.4. The zero-order valence-corrected chi connectivity index (χ0v) is 13.9. The summed E-state index contributed by atoms with van der Waals surface area (Å²) in [5.41, 5.74) is 5.68. The van der Waals surface area contributed by atoms with Crippen molar-refractivity contribution in [2.75, 3.05) is 45.8 Å². The lowest BCUT2D eigenvalue weighted by Crippen LogP contribution is -2.48. The Balaban J connectivity index is 1.79. The Labute approximate surface area is 129 Å². The lowest BCUT2D eigenvalue weighted by atomic mass is 9.97. The van der Waals surface area contributed by atoms with Crippen LogP contribution in [0.3, 0.4) is 0 Å². The topological polar surface area (TPSA) is 78.7 Å². The van der Waals surface area contributed by atoms with Crippen molar-refractivity contribution >= 4 is 10.2 Å². The van der Waals surface area contributed by atoms with Gasteiger partial charge in [0.15, 0.2) is 0 Å². The second kappa shape index (κ2) is 7.87. The molecule has 0 aromatic rings. The molecule has 1 unspecified atom stereocenters. The van der Waals surface area contributed by atoms with Crippen LogP contribution in [-0.4, -0.2) is 63.4 Å². The number of hydrogen-bond acceptors (Lipinski definition) is 4. The van der Waals surface area contributed by atoms with Gasteiger partial charge >= 0.3 is 0 Å². The second-order valence-electron chi connectivity index (χ2n) is 6.33. The van der Waals surface area contributed by atoms with Crippen molar-refractivity contribution in [3.05, 3.63) is 0 Å². The standard InChI is InChI=1S/C14H30N4O2S/c1-2-17-8-5-13(6-9-17)11-16-21(19,20)18-7-3-4-14(10-15)12-18/h13-14,16H,2-12,15H2,1H3. The van der Waals surface area contributed by atoms with Crippen LogP contribution in [0.15, 0.2) is 0 Å². The molecule has 0 saturated carbocycles. The number of hydrogen-bond donors (Lipinski definition) is 2. The number of nitrogens with two attached hydrogens (primary N) is 1. The van der Waals surface area contributed by atoms with Gasteiger partial charge in [-0.1, -0.05) is 6.92 Å². The third kappa shape index (κ3) is 4.89. The predicted molar refractivity (Wildman–Crippen MR) is 85.1 cm³/mol. The highest BCUT2D eigenvalue weighted by atomic mass is 32.2. The van der Waals surface area contributed by atoms with Gasteiger partial charge in [-0.2, -0.15) is 12.7 Å². The zero-order chi connectivity index (χ0) is 15.3. The van der Waals surface area contributed by atoms with E-state index >= 15 is 0 Å². The van der Waals surface area contributed by atoms with Crippen molar-refractivity contribution in [1.29, 1.82) is 0 Å². The minimum Gasteiger partial charge on any atom is -0.330 e. The third-order valence-electron chi connectivity index (χ3n) is 4.86.